The van der Waals surface area contributed by atoms with Gasteiger partial charge in [-0.3, -0.25) is 9.69 Å². The second kappa shape index (κ2) is 5.14. The smallest absolute Gasteiger partial charge is 0.223 e. The number of nitrogens with zero attached hydrogens (tertiary/aromatic N) is 2. The lowest BCUT2D eigenvalue weighted by atomic mass is 10.3. The van der Waals surface area contributed by atoms with Crippen molar-refractivity contribution < 1.29 is 4.79 Å². The monoisotopic (exact) mass is 253 g/mol. The van der Waals surface area contributed by atoms with Gasteiger partial charge in [0, 0.05) is 30.9 Å². The Kier molecular flexibility index (Phi) is 3.79. The van der Waals surface area contributed by atoms with Crippen molar-refractivity contribution in [1.29, 1.82) is 0 Å². The van der Waals surface area contributed by atoms with Crippen LogP contribution in [0.3, 0.4) is 0 Å². The molecule has 0 aliphatic heterocycles. The van der Waals surface area contributed by atoms with Gasteiger partial charge in [0.05, 0.1) is 5.69 Å². The highest BCUT2D eigenvalue weighted by molar-refractivity contribution is 7.13. The maximum absolute atomic E-state index is 10.9. The van der Waals surface area contributed by atoms with Crippen LogP contribution in [0.5, 0.6) is 0 Å². The fourth-order valence-corrected chi connectivity index (χ4v) is 2.66. The second-order valence-corrected chi connectivity index (χ2v) is 5.68. The number of aromatic nitrogens is 1. The van der Waals surface area contributed by atoms with Gasteiger partial charge in [0.1, 0.15) is 0 Å². The van der Waals surface area contributed by atoms with E-state index in [1.54, 1.807) is 0 Å². The number of anilines is 1. The predicted molar refractivity (Wildman–Crippen MR) is 70.1 cm³/mol. The lowest BCUT2D eigenvalue weighted by Gasteiger charge is -2.25. The molecule has 5 heteroatoms. The van der Waals surface area contributed by atoms with Gasteiger partial charge in [-0.2, -0.15) is 0 Å². The number of hydrogen-bond donors (Lipinski definition) is 1. The summed E-state index contributed by atoms with van der Waals surface area (Å²) in [6.45, 7) is 6.84. The number of nitrogens with one attached hydrogen (secondary N) is 1. The van der Waals surface area contributed by atoms with Crippen molar-refractivity contribution in [1.82, 2.24) is 9.88 Å². The lowest BCUT2D eigenvalue weighted by molar-refractivity contribution is -0.114. The van der Waals surface area contributed by atoms with Gasteiger partial charge in [-0.05, 0) is 26.7 Å². The first-order chi connectivity index (χ1) is 8.06. The van der Waals surface area contributed by atoms with Crippen LogP contribution in [0.2, 0.25) is 0 Å². The molecule has 0 atom stereocenters. The Labute approximate surface area is 106 Å². The molecule has 17 heavy (non-hydrogen) atoms. The third-order valence-corrected chi connectivity index (χ3v) is 3.67. The van der Waals surface area contributed by atoms with E-state index in [9.17, 15) is 4.79 Å². The minimum atomic E-state index is -0.0613. The zero-order chi connectivity index (χ0) is 12.4. The molecule has 94 valence electrons. The van der Waals surface area contributed by atoms with Crippen molar-refractivity contribution in [3.63, 3.8) is 0 Å². The second-order valence-electron chi connectivity index (χ2n) is 4.82. The fourth-order valence-electron chi connectivity index (χ4n) is 1.91. The van der Waals surface area contributed by atoms with E-state index in [2.05, 4.69) is 29.0 Å². The molecule has 1 aliphatic rings. The topological polar surface area (TPSA) is 45.2 Å². The zero-order valence-electron chi connectivity index (χ0n) is 10.6. The summed E-state index contributed by atoms with van der Waals surface area (Å²) >= 11 is 1.49. The van der Waals surface area contributed by atoms with Crippen molar-refractivity contribution in [2.24, 2.45) is 0 Å². The van der Waals surface area contributed by atoms with Gasteiger partial charge in [0.25, 0.3) is 0 Å². The maximum atomic E-state index is 10.9. The molecule has 1 fully saturated rings. The minimum absolute atomic E-state index is 0.0613. The molecule has 0 aromatic carbocycles. The summed E-state index contributed by atoms with van der Waals surface area (Å²) in [5.74, 6) is -0.0613. The molecule has 1 saturated carbocycles. The molecule has 0 saturated heterocycles. The third kappa shape index (κ3) is 3.51. The Morgan fingerprint density at radius 1 is 1.65 bits per heavy atom. The van der Waals surface area contributed by atoms with Gasteiger partial charge in [-0.25, -0.2) is 4.98 Å². The summed E-state index contributed by atoms with van der Waals surface area (Å²) in [5.41, 5.74) is 1.05. The van der Waals surface area contributed by atoms with Gasteiger partial charge in [0.2, 0.25) is 5.91 Å². The minimum Gasteiger partial charge on any atom is -0.302 e. The van der Waals surface area contributed by atoms with Gasteiger partial charge in [-0.1, -0.05) is 0 Å². The van der Waals surface area contributed by atoms with Crippen LogP contribution in [0.25, 0.3) is 0 Å². The predicted octanol–water partition coefficient (Wildman–Crippen LogP) is 2.47. The Morgan fingerprint density at radius 3 is 2.88 bits per heavy atom. The van der Waals surface area contributed by atoms with E-state index in [0.29, 0.717) is 11.2 Å². The maximum Gasteiger partial charge on any atom is 0.223 e. The molecule has 1 heterocycles. The summed E-state index contributed by atoms with van der Waals surface area (Å²) in [6.07, 6.45) is 2.61. The molecule has 1 N–H and O–H groups in total. The number of carbonyl (C=O) groups excluding carboxylic acids is 1. The van der Waals surface area contributed by atoms with Crippen molar-refractivity contribution in [2.75, 3.05) is 5.32 Å². The molecule has 0 unspecified atom stereocenters. The summed E-state index contributed by atoms with van der Waals surface area (Å²) < 4.78 is 0. The largest absolute Gasteiger partial charge is 0.302 e. The average Bonchev–Trinajstić information content (AvgIpc) is 2.97. The molecule has 0 spiro atoms. The molecule has 1 aliphatic carbocycles. The average molecular weight is 253 g/mol. The van der Waals surface area contributed by atoms with E-state index >= 15 is 0 Å². The molecule has 1 amide bonds. The van der Waals surface area contributed by atoms with Crippen molar-refractivity contribution in [2.45, 2.75) is 52.2 Å². The first-order valence-electron chi connectivity index (χ1n) is 6.04. The summed E-state index contributed by atoms with van der Waals surface area (Å²) in [6, 6.07) is 1.29. The van der Waals surface area contributed by atoms with E-state index in [-0.39, 0.29) is 5.91 Å². The standard InChI is InChI=1S/C12H19N3OS/c1-8(2)15(11-4-5-11)6-10-7-17-12(14-10)13-9(3)16/h7-8,11H,4-6H2,1-3H3,(H,13,14,16). The molecule has 2 rings (SSSR count). The van der Waals surface area contributed by atoms with Crippen LogP contribution >= 0.6 is 11.3 Å². The molecule has 1 aromatic rings. The molecular weight excluding hydrogens is 234 g/mol. The lowest BCUT2D eigenvalue weighted by Crippen LogP contribution is -2.32. The van der Waals surface area contributed by atoms with E-state index in [4.69, 9.17) is 0 Å². The zero-order valence-corrected chi connectivity index (χ0v) is 11.4. The summed E-state index contributed by atoms with van der Waals surface area (Å²) in [4.78, 5) is 17.8. The van der Waals surface area contributed by atoms with Crippen molar-refractivity contribution in [3.8, 4) is 0 Å². The molecular formula is C12H19N3OS. The first kappa shape index (κ1) is 12.5. The van der Waals surface area contributed by atoms with Crippen LogP contribution in [0.4, 0.5) is 5.13 Å². The van der Waals surface area contributed by atoms with Crippen LogP contribution in [-0.2, 0) is 11.3 Å². The van der Waals surface area contributed by atoms with E-state index in [1.165, 1.54) is 31.1 Å². The van der Waals surface area contributed by atoms with Crippen LogP contribution in [0, 0.1) is 0 Å². The van der Waals surface area contributed by atoms with Gasteiger partial charge < -0.3 is 5.32 Å². The first-order valence-corrected chi connectivity index (χ1v) is 6.92. The van der Waals surface area contributed by atoms with Gasteiger partial charge in [-0.15, -0.1) is 11.3 Å². The van der Waals surface area contributed by atoms with E-state index in [0.717, 1.165) is 18.3 Å². The highest BCUT2D eigenvalue weighted by Crippen LogP contribution is 2.30. The van der Waals surface area contributed by atoms with Crippen LogP contribution in [-0.4, -0.2) is 27.9 Å². The van der Waals surface area contributed by atoms with E-state index < -0.39 is 0 Å². The Hall–Kier alpha value is -0.940. The third-order valence-electron chi connectivity index (χ3n) is 2.86. The Morgan fingerprint density at radius 2 is 2.35 bits per heavy atom. The Bertz CT molecular complexity index is 396. The summed E-state index contributed by atoms with van der Waals surface area (Å²) in [7, 11) is 0. The number of hydrogen-bond acceptors (Lipinski definition) is 4. The van der Waals surface area contributed by atoms with Gasteiger partial charge >= 0.3 is 0 Å². The quantitative estimate of drug-likeness (QED) is 0.877. The highest BCUT2D eigenvalue weighted by Gasteiger charge is 2.30. The number of thiazole rings is 1. The number of amides is 1. The molecule has 1 aromatic heterocycles. The highest BCUT2D eigenvalue weighted by atomic mass is 32.1. The molecule has 0 bridgehead atoms. The van der Waals surface area contributed by atoms with Gasteiger partial charge in [0.15, 0.2) is 5.13 Å². The number of carbonyl (C=O) groups is 1. The fraction of sp³-hybridized carbons (Fsp3) is 0.667. The Balaban J connectivity index is 1.97. The SMILES string of the molecule is CC(=O)Nc1nc(CN(C(C)C)C2CC2)cs1. The van der Waals surface area contributed by atoms with Crippen LogP contribution < -0.4 is 5.32 Å². The van der Waals surface area contributed by atoms with Crippen LogP contribution in [0.1, 0.15) is 39.3 Å². The number of rotatable bonds is 5. The van der Waals surface area contributed by atoms with E-state index in [1.807, 2.05) is 5.38 Å². The van der Waals surface area contributed by atoms with Crippen molar-refractivity contribution in [3.05, 3.63) is 11.1 Å². The molecule has 4 nitrogen and oxygen atoms in total. The molecule has 0 radical (unpaired) electrons. The summed E-state index contributed by atoms with van der Waals surface area (Å²) in [5, 5.41) is 5.45. The van der Waals surface area contributed by atoms with Crippen LogP contribution in [0.15, 0.2) is 5.38 Å². The normalized spacial score (nSPS) is 15.6. The van der Waals surface area contributed by atoms with Crippen molar-refractivity contribution >= 4 is 22.4 Å².